The van der Waals surface area contributed by atoms with Crippen molar-refractivity contribution in [2.45, 2.75) is 33.5 Å². The van der Waals surface area contributed by atoms with Gasteiger partial charge in [0.15, 0.2) is 0 Å². The molecule has 0 unspecified atom stereocenters. The van der Waals surface area contributed by atoms with Crippen LogP contribution in [0.15, 0.2) is 22.6 Å². The van der Waals surface area contributed by atoms with Crippen molar-refractivity contribution < 1.29 is 13.9 Å². The van der Waals surface area contributed by atoms with E-state index >= 15 is 0 Å². The first-order valence-electron chi connectivity index (χ1n) is 7.22. The minimum Gasteiger partial charge on any atom is -0.464 e. The van der Waals surface area contributed by atoms with Gasteiger partial charge < -0.3 is 19.4 Å². The fourth-order valence-corrected chi connectivity index (χ4v) is 2.09. The van der Waals surface area contributed by atoms with Crippen LogP contribution in [0.3, 0.4) is 0 Å². The Bertz CT molecular complexity index is 605. The number of hydrogen-bond acceptors (Lipinski definition) is 4. The van der Waals surface area contributed by atoms with Crippen molar-refractivity contribution in [1.29, 1.82) is 0 Å². The Morgan fingerprint density at radius 1 is 1.50 bits per heavy atom. The average molecular weight is 306 g/mol. The molecule has 0 saturated heterocycles. The third-order valence-corrected chi connectivity index (χ3v) is 3.22. The first-order valence-corrected chi connectivity index (χ1v) is 7.22. The Morgan fingerprint density at radius 2 is 2.32 bits per heavy atom. The van der Waals surface area contributed by atoms with Crippen molar-refractivity contribution in [3.63, 3.8) is 0 Å². The first-order chi connectivity index (χ1) is 10.6. The summed E-state index contributed by atoms with van der Waals surface area (Å²) in [7, 11) is 1.62. The van der Waals surface area contributed by atoms with Crippen LogP contribution in [-0.4, -0.2) is 34.8 Å². The lowest BCUT2D eigenvalue weighted by Crippen LogP contribution is -2.39. The van der Waals surface area contributed by atoms with E-state index in [1.54, 1.807) is 12.0 Å². The zero-order chi connectivity index (χ0) is 15.9. The number of methoxy groups -OCH3 is 1. The molecule has 0 saturated carbocycles. The Morgan fingerprint density at radius 3 is 2.95 bits per heavy atom. The normalized spacial score (nSPS) is 10.7. The van der Waals surface area contributed by atoms with Crippen LogP contribution in [0.2, 0.25) is 0 Å². The van der Waals surface area contributed by atoms with Gasteiger partial charge in [-0.1, -0.05) is 0 Å². The molecule has 2 N–H and O–H groups in total. The van der Waals surface area contributed by atoms with E-state index in [1.165, 1.54) is 0 Å². The van der Waals surface area contributed by atoms with E-state index in [1.807, 2.05) is 32.0 Å². The second kappa shape index (κ2) is 7.65. The number of rotatable bonds is 7. The van der Waals surface area contributed by atoms with E-state index < -0.39 is 0 Å². The number of carbonyl (C=O) groups excluding carboxylic acids is 1. The Balaban J connectivity index is 1.85. The molecule has 7 nitrogen and oxygen atoms in total. The molecule has 2 amide bonds. The van der Waals surface area contributed by atoms with Crippen molar-refractivity contribution in [3.8, 4) is 0 Å². The maximum absolute atomic E-state index is 12.2. The third kappa shape index (κ3) is 4.36. The minimum absolute atomic E-state index is 0.139. The van der Waals surface area contributed by atoms with Gasteiger partial charge in [-0.3, -0.25) is 5.10 Å². The van der Waals surface area contributed by atoms with E-state index in [9.17, 15) is 4.79 Å². The zero-order valence-corrected chi connectivity index (χ0v) is 13.2. The van der Waals surface area contributed by atoms with Gasteiger partial charge in [0.05, 0.1) is 31.1 Å². The molecular weight excluding hydrogens is 284 g/mol. The second-order valence-electron chi connectivity index (χ2n) is 5.00. The smallest absolute Gasteiger partial charge is 0.318 e. The van der Waals surface area contributed by atoms with Crippen LogP contribution in [0, 0.1) is 6.92 Å². The lowest BCUT2D eigenvalue weighted by Gasteiger charge is -2.20. The topological polar surface area (TPSA) is 83.4 Å². The van der Waals surface area contributed by atoms with Crippen LogP contribution in [0.25, 0.3) is 0 Å². The molecule has 120 valence electrons. The van der Waals surface area contributed by atoms with E-state index in [2.05, 4.69) is 15.5 Å². The van der Waals surface area contributed by atoms with E-state index in [4.69, 9.17) is 9.15 Å². The molecule has 0 aliphatic rings. The van der Waals surface area contributed by atoms with Crippen LogP contribution >= 0.6 is 0 Å². The predicted octanol–water partition coefficient (Wildman–Crippen LogP) is 2.19. The van der Waals surface area contributed by atoms with Crippen LogP contribution in [0.4, 0.5) is 4.79 Å². The highest BCUT2D eigenvalue weighted by molar-refractivity contribution is 5.74. The number of furan rings is 1. The van der Waals surface area contributed by atoms with Gasteiger partial charge in [-0.05, 0) is 32.0 Å². The molecule has 7 heteroatoms. The van der Waals surface area contributed by atoms with Crippen molar-refractivity contribution in [1.82, 2.24) is 20.4 Å². The maximum Gasteiger partial charge on any atom is 0.318 e. The molecule has 0 fully saturated rings. The number of H-pyrrole nitrogens is 1. The molecule has 2 heterocycles. The summed E-state index contributed by atoms with van der Waals surface area (Å²) in [5, 5.41) is 9.83. The number of amides is 2. The summed E-state index contributed by atoms with van der Waals surface area (Å²) < 4.78 is 10.5. The van der Waals surface area contributed by atoms with Gasteiger partial charge >= 0.3 is 6.03 Å². The quantitative estimate of drug-likeness (QED) is 0.821. The number of nitrogens with one attached hydrogen (secondary N) is 2. The van der Waals surface area contributed by atoms with E-state index in [-0.39, 0.29) is 6.03 Å². The molecular formula is C15H22N4O3. The molecule has 22 heavy (non-hydrogen) atoms. The van der Waals surface area contributed by atoms with Crippen LogP contribution < -0.4 is 5.32 Å². The molecule has 0 aromatic carbocycles. The number of hydrogen-bond donors (Lipinski definition) is 2. The number of ether oxygens (including phenoxy) is 1. The molecule has 0 bridgehead atoms. The van der Waals surface area contributed by atoms with Gasteiger partial charge in [0, 0.05) is 13.7 Å². The highest BCUT2D eigenvalue weighted by Crippen LogP contribution is 2.10. The van der Waals surface area contributed by atoms with Gasteiger partial charge in [0.2, 0.25) is 0 Å². The van der Waals surface area contributed by atoms with Gasteiger partial charge in [-0.2, -0.15) is 5.10 Å². The maximum atomic E-state index is 12.2. The van der Waals surface area contributed by atoms with E-state index in [0.29, 0.717) is 26.2 Å². The second-order valence-corrected chi connectivity index (χ2v) is 5.00. The number of aromatic amines is 1. The Kier molecular flexibility index (Phi) is 5.60. The monoisotopic (exact) mass is 306 g/mol. The standard InChI is InChI=1S/C15H22N4O3/c1-4-19(9-14-6-5-11(2)22-14)15(20)16-8-12-7-13(10-21-3)18-17-12/h5-7H,4,8-10H2,1-3H3,(H,16,20)(H,17,18). The van der Waals surface area contributed by atoms with Gasteiger partial charge in [0.1, 0.15) is 11.5 Å². The number of aromatic nitrogens is 2. The average Bonchev–Trinajstić information content (AvgIpc) is 3.12. The van der Waals surface area contributed by atoms with Crippen molar-refractivity contribution >= 4 is 6.03 Å². The van der Waals surface area contributed by atoms with Gasteiger partial charge in [0.25, 0.3) is 0 Å². The van der Waals surface area contributed by atoms with Gasteiger partial charge in [-0.25, -0.2) is 4.79 Å². The predicted molar refractivity (Wildman–Crippen MR) is 81.1 cm³/mol. The van der Waals surface area contributed by atoms with Crippen LogP contribution in [0.5, 0.6) is 0 Å². The lowest BCUT2D eigenvalue weighted by molar-refractivity contribution is 0.181. The molecule has 2 aromatic heterocycles. The number of urea groups is 1. The zero-order valence-electron chi connectivity index (χ0n) is 13.2. The first kappa shape index (κ1) is 16.1. The number of aryl methyl sites for hydroxylation is 1. The van der Waals surface area contributed by atoms with Crippen molar-refractivity contribution in [3.05, 3.63) is 41.1 Å². The summed E-state index contributed by atoms with van der Waals surface area (Å²) in [6, 6.07) is 5.51. The van der Waals surface area contributed by atoms with Crippen LogP contribution in [0.1, 0.15) is 29.8 Å². The lowest BCUT2D eigenvalue weighted by atomic mass is 10.3. The molecule has 0 atom stereocenters. The van der Waals surface area contributed by atoms with Crippen LogP contribution in [-0.2, 0) is 24.4 Å². The van der Waals surface area contributed by atoms with Crippen molar-refractivity contribution in [2.24, 2.45) is 0 Å². The number of nitrogens with zero attached hydrogens (tertiary/aromatic N) is 2. The summed E-state index contributed by atoms with van der Waals surface area (Å²) in [4.78, 5) is 13.9. The molecule has 0 aliphatic carbocycles. The highest BCUT2D eigenvalue weighted by atomic mass is 16.5. The minimum atomic E-state index is -0.139. The fraction of sp³-hybridized carbons (Fsp3) is 0.467. The van der Waals surface area contributed by atoms with Crippen molar-refractivity contribution in [2.75, 3.05) is 13.7 Å². The Hall–Kier alpha value is -2.28. The molecule has 2 aromatic rings. The molecule has 0 spiro atoms. The summed E-state index contributed by atoms with van der Waals surface area (Å²) in [5.74, 6) is 1.62. The summed E-state index contributed by atoms with van der Waals surface area (Å²) in [6.45, 7) is 5.71. The molecule has 2 rings (SSSR count). The summed E-state index contributed by atoms with van der Waals surface area (Å²) >= 11 is 0. The summed E-state index contributed by atoms with van der Waals surface area (Å²) in [6.07, 6.45) is 0. The SMILES string of the molecule is CCN(Cc1ccc(C)o1)C(=O)NCc1cc(COC)n[nH]1. The fourth-order valence-electron chi connectivity index (χ4n) is 2.09. The molecule has 0 radical (unpaired) electrons. The molecule has 0 aliphatic heterocycles. The Labute approximate surface area is 129 Å². The largest absolute Gasteiger partial charge is 0.464 e. The third-order valence-electron chi connectivity index (χ3n) is 3.22. The van der Waals surface area contributed by atoms with E-state index in [0.717, 1.165) is 22.9 Å². The van der Waals surface area contributed by atoms with Gasteiger partial charge in [-0.15, -0.1) is 0 Å². The summed E-state index contributed by atoms with van der Waals surface area (Å²) in [5.41, 5.74) is 1.65. The number of carbonyl (C=O) groups is 1. The highest BCUT2D eigenvalue weighted by Gasteiger charge is 2.14.